The third kappa shape index (κ3) is 3.77. The second kappa shape index (κ2) is 4.91. The summed E-state index contributed by atoms with van der Waals surface area (Å²) in [5, 5.41) is 7.79. The van der Waals surface area contributed by atoms with Gasteiger partial charge in [-0.2, -0.15) is 0 Å². The summed E-state index contributed by atoms with van der Waals surface area (Å²) in [5.74, 6) is -0.206. The second-order valence-corrected chi connectivity index (χ2v) is 5.41. The molecule has 0 aromatic heterocycles. The number of hydrogen-bond donors (Lipinski definition) is 2. The Balaban J connectivity index is 2.51. The van der Waals surface area contributed by atoms with Crippen molar-refractivity contribution < 1.29 is 13.2 Å². The number of sulfonamides is 1. The minimum atomic E-state index is -3.49. The van der Waals surface area contributed by atoms with Crippen LogP contribution in [0.2, 0.25) is 0 Å². The minimum absolute atomic E-state index is 0.0348. The molecule has 1 fully saturated rings. The van der Waals surface area contributed by atoms with Gasteiger partial charge >= 0.3 is 0 Å². The lowest BCUT2D eigenvalue weighted by Crippen LogP contribution is -2.51. The average molecular weight is 235 g/mol. The molecular weight excluding hydrogens is 218 g/mol. The van der Waals surface area contributed by atoms with Crippen molar-refractivity contribution in [3.8, 4) is 0 Å². The number of carbonyl (C=O) groups is 1. The molecule has 1 atom stereocenters. The Morgan fingerprint density at radius 2 is 2.27 bits per heavy atom. The van der Waals surface area contributed by atoms with E-state index in [4.69, 9.17) is 5.14 Å². The van der Waals surface area contributed by atoms with Crippen LogP contribution in [0.3, 0.4) is 0 Å². The Bertz CT molecular complexity index is 328. The molecule has 1 rings (SSSR count). The van der Waals surface area contributed by atoms with E-state index in [0.29, 0.717) is 6.54 Å². The number of likely N-dealkylation sites (N-methyl/N-ethyl adjacent to an activating group) is 1. The van der Waals surface area contributed by atoms with Gasteiger partial charge in [0, 0.05) is 13.1 Å². The van der Waals surface area contributed by atoms with Crippen molar-refractivity contribution in [3.05, 3.63) is 0 Å². The van der Waals surface area contributed by atoms with E-state index in [2.05, 4.69) is 5.32 Å². The van der Waals surface area contributed by atoms with E-state index in [1.54, 1.807) is 11.9 Å². The normalized spacial score (nSPS) is 23.2. The molecule has 0 radical (unpaired) electrons. The molecule has 0 bridgehead atoms. The van der Waals surface area contributed by atoms with E-state index >= 15 is 0 Å². The highest BCUT2D eigenvalue weighted by atomic mass is 32.2. The van der Waals surface area contributed by atoms with Crippen LogP contribution in [0, 0.1) is 0 Å². The largest absolute Gasteiger partial charge is 0.340 e. The number of nitrogens with one attached hydrogen (secondary N) is 1. The molecule has 88 valence electrons. The van der Waals surface area contributed by atoms with E-state index in [1.807, 2.05) is 0 Å². The number of primary sulfonamides is 1. The monoisotopic (exact) mass is 235 g/mol. The molecule has 0 spiro atoms. The molecule has 1 aliphatic heterocycles. The van der Waals surface area contributed by atoms with Crippen molar-refractivity contribution in [2.24, 2.45) is 5.14 Å². The Morgan fingerprint density at radius 1 is 1.60 bits per heavy atom. The number of hydrogen-bond acceptors (Lipinski definition) is 4. The maximum absolute atomic E-state index is 11.7. The highest BCUT2D eigenvalue weighted by Gasteiger charge is 2.27. The van der Waals surface area contributed by atoms with Gasteiger partial charge in [-0.05, 0) is 19.9 Å². The molecule has 7 heteroatoms. The van der Waals surface area contributed by atoms with E-state index in [9.17, 15) is 13.2 Å². The predicted octanol–water partition coefficient (Wildman–Crippen LogP) is -1.51. The number of piperidine rings is 1. The van der Waals surface area contributed by atoms with Crippen LogP contribution in [0.1, 0.15) is 12.8 Å². The van der Waals surface area contributed by atoms with E-state index < -0.39 is 10.0 Å². The number of amides is 1. The fourth-order valence-electron chi connectivity index (χ4n) is 1.67. The van der Waals surface area contributed by atoms with Crippen LogP contribution < -0.4 is 10.5 Å². The molecule has 1 heterocycles. The van der Waals surface area contributed by atoms with Crippen molar-refractivity contribution in [2.45, 2.75) is 18.9 Å². The van der Waals surface area contributed by atoms with Crippen LogP contribution in [0.4, 0.5) is 0 Å². The Hall–Kier alpha value is -0.660. The molecule has 1 amide bonds. The molecule has 0 aromatic rings. The molecule has 0 saturated carbocycles. The van der Waals surface area contributed by atoms with Crippen LogP contribution >= 0.6 is 0 Å². The summed E-state index contributed by atoms with van der Waals surface area (Å²) in [6.45, 7) is 0.808. The maximum atomic E-state index is 11.7. The predicted molar refractivity (Wildman–Crippen MR) is 56.6 cm³/mol. The van der Waals surface area contributed by atoms with Gasteiger partial charge in [-0.3, -0.25) is 4.79 Å². The lowest BCUT2D eigenvalue weighted by Gasteiger charge is -2.31. The standard InChI is InChI=1S/C8H17N3O3S/c1-10-7-3-2-4-11(8(7)12)5-6-15(9,13)14/h7,10H,2-6H2,1H3,(H2,9,13,14). The maximum Gasteiger partial charge on any atom is 0.239 e. The summed E-state index contributed by atoms with van der Waals surface area (Å²) < 4.78 is 21.5. The molecule has 1 saturated heterocycles. The van der Waals surface area contributed by atoms with Crippen molar-refractivity contribution in [1.29, 1.82) is 0 Å². The van der Waals surface area contributed by atoms with Gasteiger partial charge < -0.3 is 10.2 Å². The summed E-state index contributed by atoms with van der Waals surface area (Å²) in [6.07, 6.45) is 1.70. The molecule has 0 aliphatic carbocycles. The molecular formula is C8H17N3O3S. The van der Waals surface area contributed by atoms with Gasteiger partial charge in [0.15, 0.2) is 0 Å². The lowest BCUT2D eigenvalue weighted by atomic mass is 10.1. The molecule has 1 aliphatic rings. The van der Waals surface area contributed by atoms with Crippen LogP contribution in [0.15, 0.2) is 0 Å². The third-order valence-corrected chi connectivity index (χ3v) is 3.28. The van der Waals surface area contributed by atoms with E-state index in [-0.39, 0.29) is 24.2 Å². The van der Waals surface area contributed by atoms with E-state index in [1.165, 1.54) is 0 Å². The van der Waals surface area contributed by atoms with Crippen LogP contribution in [-0.2, 0) is 14.8 Å². The van der Waals surface area contributed by atoms with Crippen LogP contribution in [0.25, 0.3) is 0 Å². The second-order valence-electron chi connectivity index (χ2n) is 3.68. The molecule has 6 nitrogen and oxygen atoms in total. The highest BCUT2D eigenvalue weighted by molar-refractivity contribution is 7.89. The van der Waals surface area contributed by atoms with Gasteiger partial charge in [0.05, 0.1) is 11.8 Å². The molecule has 15 heavy (non-hydrogen) atoms. The van der Waals surface area contributed by atoms with Crippen molar-refractivity contribution >= 4 is 15.9 Å². The fourth-order valence-corrected chi connectivity index (χ4v) is 2.14. The highest BCUT2D eigenvalue weighted by Crippen LogP contribution is 2.10. The lowest BCUT2D eigenvalue weighted by molar-refractivity contribution is -0.135. The smallest absolute Gasteiger partial charge is 0.239 e. The SMILES string of the molecule is CNC1CCCN(CCS(N)(=O)=O)C1=O. The summed E-state index contributed by atoms with van der Waals surface area (Å²) in [6, 6.07) is -0.181. The van der Waals surface area contributed by atoms with Crippen LogP contribution in [-0.4, -0.2) is 51.2 Å². The number of nitrogens with two attached hydrogens (primary N) is 1. The number of rotatable bonds is 4. The van der Waals surface area contributed by atoms with Gasteiger partial charge in [-0.25, -0.2) is 13.6 Å². The Morgan fingerprint density at radius 3 is 2.80 bits per heavy atom. The zero-order valence-electron chi connectivity index (χ0n) is 8.77. The quantitative estimate of drug-likeness (QED) is 0.619. The minimum Gasteiger partial charge on any atom is -0.340 e. The number of carbonyl (C=O) groups excluding carboxylic acids is 1. The zero-order chi connectivity index (χ0) is 11.5. The summed E-state index contributed by atoms with van der Waals surface area (Å²) >= 11 is 0. The first-order valence-corrected chi connectivity index (χ1v) is 6.62. The topological polar surface area (TPSA) is 92.5 Å². The third-order valence-electron chi connectivity index (χ3n) is 2.52. The number of nitrogens with zero attached hydrogens (tertiary/aromatic N) is 1. The van der Waals surface area contributed by atoms with Gasteiger partial charge in [-0.1, -0.05) is 0 Å². The molecule has 0 aromatic carbocycles. The Labute approximate surface area is 89.9 Å². The summed E-state index contributed by atoms with van der Waals surface area (Å²) in [5.41, 5.74) is 0. The average Bonchev–Trinajstić information content (AvgIpc) is 2.15. The van der Waals surface area contributed by atoms with Gasteiger partial charge in [0.25, 0.3) is 0 Å². The van der Waals surface area contributed by atoms with Gasteiger partial charge in [0.1, 0.15) is 0 Å². The van der Waals surface area contributed by atoms with Gasteiger partial charge in [-0.15, -0.1) is 0 Å². The van der Waals surface area contributed by atoms with E-state index in [0.717, 1.165) is 12.8 Å². The summed E-state index contributed by atoms with van der Waals surface area (Å²) in [4.78, 5) is 13.3. The van der Waals surface area contributed by atoms with Crippen molar-refractivity contribution in [3.63, 3.8) is 0 Å². The molecule has 3 N–H and O–H groups in total. The fraction of sp³-hybridized carbons (Fsp3) is 0.875. The van der Waals surface area contributed by atoms with Crippen molar-refractivity contribution in [2.75, 3.05) is 25.9 Å². The zero-order valence-corrected chi connectivity index (χ0v) is 9.59. The molecule has 1 unspecified atom stereocenters. The summed E-state index contributed by atoms with van der Waals surface area (Å²) in [7, 11) is -1.76. The first-order valence-electron chi connectivity index (χ1n) is 4.90. The number of likely N-dealkylation sites (tertiary alicyclic amines) is 1. The van der Waals surface area contributed by atoms with Gasteiger partial charge in [0.2, 0.25) is 15.9 Å². The first kappa shape index (κ1) is 12.4. The van der Waals surface area contributed by atoms with Crippen molar-refractivity contribution in [1.82, 2.24) is 10.2 Å². The first-order chi connectivity index (χ1) is 6.94. The van der Waals surface area contributed by atoms with Crippen LogP contribution in [0.5, 0.6) is 0 Å². The Kier molecular flexibility index (Phi) is 4.06.